The van der Waals surface area contributed by atoms with Crippen LogP contribution in [-0.2, 0) is 16.4 Å². The SMILES string of the molecule is CCn1c(SC2CCS(=O)(=O)C2)nnc1-c1cccs1. The minimum absolute atomic E-state index is 0.102. The first-order valence-corrected chi connectivity index (χ1v) is 10.0. The van der Waals surface area contributed by atoms with Crippen molar-refractivity contribution in [2.24, 2.45) is 0 Å². The predicted octanol–water partition coefficient (Wildman–Crippen LogP) is 2.31. The Labute approximate surface area is 126 Å². The molecular formula is C12H15N3O2S3. The standard InChI is InChI=1S/C12H15N3O2S3/c1-2-15-11(10-4-3-6-18-10)13-14-12(15)19-9-5-7-20(16,17)8-9/h3-4,6,9H,2,5,7-8H2,1H3. The summed E-state index contributed by atoms with van der Waals surface area (Å²) in [5.74, 6) is 1.41. The zero-order valence-electron chi connectivity index (χ0n) is 11.0. The van der Waals surface area contributed by atoms with Gasteiger partial charge in [0.2, 0.25) is 0 Å². The predicted molar refractivity (Wildman–Crippen MR) is 81.9 cm³/mol. The van der Waals surface area contributed by atoms with Gasteiger partial charge in [-0.2, -0.15) is 0 Å². The van der Waals surface area contributed by atoms with Crippen molar-refractivity contribution in [3.63, 3.8) is 0 Å². The first-order chi connectivity index (χ1) is 9.59. The lowest BCUT2D eigenvalue weighted by Crippen LogP contribution is -2.08. The van der Waals surface area contributed by atoms with Gasteiger partial charge in [-0.3, -0.25) is 0 Å². The van der Waals surface area contributed by atoms with E-state index in [0.29, 0.717) is 12.2 Å². The molecule has 2 aromatic heterocycles. The van der Waals surface area contributed by atoms with Gasteiger partial charge in [0.05, 0.1) is 16.4 Å². The van der Waals surface area contributed by atoms with Crippen LogP contribution >= 0.6 is 23.1 Å². The van der Waals surface area contributed by atoms with Crippen molar-refractivity contribution >= 4 is 32.9 Å². The van der Waals surface area contributed by atoms with E-state index in [2.05, 4.69) is 21.7 Å². The van der Waals surface area contributed by atoms with Crippen molar-refractivity contribution in [2.75, 3.05) is 11.5 Å². The molecule has 0 N–H and O–H groups in total. The number of thioether (sulfide) groups is 1. The Bertz CT molecular complexity index is 692. The fraction of sp³-hybridized carbons (Fsp3) is 0.500. The largest absolute Gasteiger partial charge is 0.302 e. The first-order valence-electron chi connectivity index (χ1n) is 6.43. The molecule has 0 bridgehead atoms. The van der Waals surface area contributed by atoms with E-state index in [4.69, 9.17) is 0 Å². The topological polar surface area (TPSA) is 64.8 Å². The Morgan fingerprint density at radius 1 is 1.50 bits per heavy atom. The molecule has 1 saturated heterocycles. The molecule has 108 valence electrons. The summed E-state index contributed by atoms with van der Waals surface area (Å²) in [5.41, 5.74) is 0. The van der Waals surface area contributed by atoms with Gasteiger partial charge in [0.15, 0.2) is 20.8 Å². The number of sulfone groups is 1. The minimum Gasteiger partial charge on any atom is -0.302 e. The molecule has 1 atom stereocenters. The number of hydrogen-bond donors (Lipinski definition) is 0. The second-order valence-corrected chi connectivity index (χ2v) is 9.11. The summed E-state index contributed by atoms with van der Waals surface area (Å²) in [5, 5.41) is 11.4. The maximum atomic E-state index is 11.5. The molecule has 1 fully saturated rings. The molecule has 8 heteroatoms. The zero-order chi connectivity index (χ0) is 14.2. The van der Waals surface area contributed by atoms with Gasteiger partial charge in [-0.1, -0.05) is 17.8 Å². The van der Waals surface area contributed by atoms with Crippen LogP contribution in [0.3, 0.4) is 0 Å². The molecule has 0 saturated carbocycles. The maximum absolute atomic E-state index is 11.5. The van der Waals surface area contributed by atoms with Crippen LogP contribution in [0.1, 0.15) is 13.3 Å². The second-order valence-electron chi connectivity index (χ2n) is 4.67. The lowest BCUT2D eigenvalue weighted by molar-refractivity contribution is 0.602. The summed E-state index contributed by atoms with van der Waals surface area (Å²) in [6.07, 6.45) is 0.706. The van der Waals surface area contributed by atoms with E-state index < -0.39 is 9.84 Å². The van der Waals surface area contributed by atoms with E-state index in [9.17, 15) is 8.42 Å². The highest BCUT2D eigenvalue weighted by Gasteiger charge is 2.30. The number of aromatic nitrogens is 3. The van der Waals surface area contributed by atoms with E-state index in [-0.39, 0.29) is 11.0 Å². The highest BCUT2D eigenvalue weighted by molar-refractivity contribution is 8.01. The number of hydrogen-bond acceptors (Lipinski definition) is 6. The summed E-state index contributed by atoms with van der Waals surface area (Å²) in [7, 11) is -2.85. The van der Waals surface area contributed by atoms with Crippen LogP contribution in [0, 0.1) is 0 Å². The van der Waals surface area contributed by atoms with E-state index in [0.717, 1.165) is 22.4 Å². The van der Waals surface area contributed by atoms with Gasteiger partial charge < -0.3 is 4.57 Å². The Morgan fingerprint density at radius 3 is 2.95 bits per heavy atom. The lowest BCUT2D eigenvalue weighted by Gasteiger charge is -2.09. The average Bonchev–Trinajstić information content (AvgIpc) is 3.09. The fourth-order valence-electron chi connectivity index (χ4n) is 2.25. The summed E-state index contributed by atoms with van der Waals surface area (Å²) < 4.78 is 25.1. The average molecular weight is 329 g/mol. The third-order valence-electron chi connectivity index (χ3n) is 3.24. The summed E-state index contributed by atoms with van der Waals surface area (Å²) in [6, 6.07) is 4.01. The zero-order valence-corrected chi connectivity index (χ0v) is 13.5. The molecular weight excluding hydrogens is 314 g/mol. The third-order valence-corrected chi connectivity index (χ3v) is 7.33. The third kappa shape index (κ3) is 2.77. The van der Waals surface area contributed by atoms with Crippen LogP contribution in [0.5, 0.6) is 0 Å². The lowest BCUT2D eigenvalue weighted by atomic mass is 10.4. The summed E-state index contributed by atoms with van der Waals surface area (Å²) in [6.45, 7) is 2.83. The summed E-state index contributed by atoms with van der Waals surface area (Å²) in [4.78, 5) is 1.09. The number of nitrogens with zero attached hydrogens (tertiary/aromatic N) is 3. The van der Waals surface area contributed by atoms with Gasteiger partial charge in [-0.05, 0) is 24.8 Å². The van der Waals surface area contributed by atoms with Gasteiger partial charge in [0.25, 0.3) is 0 Å². The van der Waals surface area contributed by atoms with Crippen molar-refractivity contribution < 1.29 is 8.42 Å². The monoisotopic (exact) mass is 329 g/mol. The molecule has 3 heterocycles. The second kappa shape index (κ2) is 5.50. The molecule has 1 aliphatic rings. The Morgan fingerprint density at radius 2 is 2.35 bits per heavy atom. The minimum atomic E-state index is -2.85. The highest BCUT2D eigenvalue weighted by atomic mass is 32.2. The molecule has 1 aliphatic heterocycles. The van der Waals surface area contributed by atoms with Crippen LogP contribution in [0.15, 0.2) is 22.7 Å². The van der Waals surface area contributed by atoms with Crippen molar-refractivity contribution in [2.45, 2.75) is 30.3 Å². The van der Waals surface area contributed by atoms with Gasteiger partial charge in [-0.25, -0.2) is 8.42 Å². The Hall–Kier alpha value is -0.860. The van der Waals surface area contributed by atoms with Gasteiger partial charge >= 0.3 is 0 Å². The van der Waals surface area contributed by atoms with Gasteiger partial charge in [0, 0.05) is 11.8 Å². The molecule has 0 aliphatic carbocycles. The molecule has 0 radical (unpaired) electrons. The Kier molecular flexibility index (Phi) is 3.87. The fourth-order valence-corrected chi connectivity index (χ4v) is 6.52. The highest BCUT2D eigenvalue weighted by Crippen LogP contribution is 2.32. The number of thiophene rings is 1. The van der Waals surface area contributed by atoms with Crippen molar-refractivity contribution in [1.29, 1.82) is 0 Å². The van der Waals surface area contributed by atoms with Crippen molar-refractivity contribution in [3.8, 4) is 10.7 Å². The molecule has 5 nitrogen and oxygen atoms in total. The Balaban J connectivity index is 1.84. The molecule has 2 aromatic rings. The molecule has 3 rings (SSSR count). The molecule has 0 spiro atoms. The maximum Gasteiger partial charge on any atom is 0.191 e. The molecule has 1 unspecified atom stereocenters. The van der Waals surface area contributed by atoms with Crippen molar-refractivity contribution in [1.82, 2.24) is 14.8 Å². The quantitative estimate of drug-likeness (QED) is 0.861. The van der Waals surface area contributed by atoms with Gasteiger partial charge in [-0.15, -0.1) is 21.5 Å². The molecule has 20 heavy (non-hydrogen) atoms. The van der Waals surface area contributed by atoms with Crippen LogP contribution in [0.25, 0.3) is 10.7 Å². The summed E-state index contributed by atoms with van der Waals surface area (Å²) >= 11 is 3.17. The smallest absolute Gasteiger partial charge is 0.191 e. The van der Waals surface area contributed by atoms with Gasteiger partial charge in [0.1, 0.15) is 0 Å². The van der Waals surface area contributed by atoms with Crippen LogP contribution in [0.4, 0.5) is 0 Å². The van der Waals surface area contributed by atoms with E-state index in [1.165, 1.54) is 11.8 Å². The van der Waals surface area contributed by atoms with Crippen molar-refractivity contribution in [3.05, 3.63) is 17.5 Å². The molecule has 0 aromatic carbocycles. The van der Waals surface area contributed by atoms with Crippen LogP contribution in [0.2, 0.25) is 0 Å². The first kappa shape index (κ1) is 14.1. The van der Waals surface area contributed by atoms with E-state index in [1.807, 2.05) is 17.5 Å². The van der Waals surface area contributed by atoms with E-state index in [1.54, 1.807) is 11.3 Å². The van der Waals surface area contributed by atoms with E-state index >= 15 is 0 Å². The van der Waals surface area contributed by atoms with Crippen LogP contribution < -0.4 is 0 Å². The van der Waals surface area contributed by atoms with Crippen LogP contribution in [-0.4, -0.2) is 39.9 Å². The normalized spacial score (nSPS) is 21.4. The molecule has 0 amide bonds. The number of rotatable bonds is 4.